The molecule has 0 radical (unpaired) electrons. The summed E-state index contributed by atoms with van der Waals surface area (Å²) in [5.41, 5.74) is 0.907. The Bertz CT molecular complexity index is 3940. The van der Waals surface area contributed by atoms with Gasteiger partial charge in [0.1, 0.15) is 24.6 Å². The van der Waals surface area contributed by atoms with Gasteiger partial charge in [0.25, 0.3) is 35.2 Å². The highest BCUT2D eigenvalue weighted by molar-refractivity contribution is 6.05. The SMILES string of the molecule is COCCOCCOCCOCCOCCOCCOc1cc([N+](=O)[O-])ccc1OCCOCCOCCOCCOCCOCCOCCOCCOCCNC(=O)CCNC(=O)c1nc(NC(=O)CCNC(=O)c2cc(NC(=O)c3nc(NC(=O)CCNC(=O)c4cc(NC(=O)c5nccn5C)cn4C)cn3C)cn2C)cn1C. The molecule has 6 rings (SSSR count). The lowest BCUT2D eigenvalue weighted by Crippen LogP contribution is -2.33. The molecule has 8 N–H and O–H groups in total. The molecule has 1 aromatic carbocycles. The van der Waals surface area contributed by atoms with Gasteiger partial charge in [-0.25, -0.2) is 15.0 Å². The number of nitro groups is 1. The second kappa shape index (κ2) is 56.0. The lowest BCUT2D eigenvalue weighted by Gasteiger charge is -2.13. The molecular weight excluding hydrogens is 1530 g/mol. The standard InChI is InChI=1S/C73H109N17O26/c1-85-17-15-75-66(85)72(97)79-54-47-57(86(2)50-54)69(94)76-14-11-65(93)82-62-53-89(5)68(84-62)73(98)80-55-48-58(87(3)51-55)70(95)77-13-10-64(92)81-61-52-88(4)67(83-61)71(96)78-12-9-63(91)74-16-18-102-21-22-104-25-26-106-29-30-108-31-32-109-33-34-110-35-37-111-39-41-113-43-45-115-59-8-7-56(90(99)100)49-60(59)116-46-44-114-42-40-112-38-36-107-28-27-105-24-23-103-20-19-101-6/h7-8,15,17,47-53H,9-14,16,18-46H2,1-6H3,(H,74,91)(H,76,94)(H,77,95)(H,78,96)(H,79,97)(H,80,98)(H,81,92)(H,82,93). The molecular formula is C73H109N17O26. The van der Waals surface area contributed by atoms with Crippen molar-refractivity contribution in [3.05, 3.63) is 106 Å². The van der Waals surface area contributed by atoms with Crippen LogP contribution in [0.2, 0.25) is 0 Å². The third-order valence-electron chi connectivity index (χ3n) is 15.8. The van der Waals surface area contributed by atoms with Crippen LogP contribution in [0, 0.1) is 10.1 Å². The maximum absolute atomic E-state index is 13.3. The van der Waals surface area contributed by atoms with Crippen LogP contribution >= 0.6 is 0 Å². The van der Waals surface area contributed by atoms with Gasteiger partial charge >= 0.3 is 0 Å². The van der Waals surface area contributed by atoms with Crippen LogP contribution in [-0.4, -0.2) is 315 Å². The molecule has 5 aromatic heterocycles. The van der Waals surface area contributed by atoms with Crippen LogP contribution in [0.3, 0.4) is 0 Å². The number of carbonyl (C=O) groups is 8. The number of hydrogen-bond donors (Lipinski definition) is 8. The topological polar surface area (TPSA) is 487 Å². The average molecular weight is 1640 g/mol. The van der Waals surface area contributed by atoms with Crippen molar-refractivity contribution >= 4 is 76.0 Å². The summed E-state index contributed by atoms with van der Waals surface area (Å²) in [5.74, 6) is -3.14. The van der Waals surface area contributed by atoms with Crippen molar-refractivity contribution in [1.82, 2.24) is 59.1 Å². The van der Waals surface area contributed by atoms with E-state index in [1.54, 1.807) is 59.3 Å². The molecule has 0 saturated carbocycles. The second-order valence-electron chi connectivity index (χ2n) is 24.8. The van der Waals surface area contributed by atoms with Crippen LogP contribution in [0.25, 0.3) is 0 Å². The van der Waals surface area contributed by atoms with Crippen molar-refractivity contribution in [3.63, 3.8) is 0 Å². The van der Waals surface area contributed by atoms with Gasteiger partial charge in [-0.05, 0) is 18.2 Å². The van der Waals surface area contributed by atoms with Gasteiger partial charge in [0, 0.05) is 131 Å². The van der Waals surface area contributed by atoms with E-state index in [-0.39, 0.29) is 142 Å². The Kier molecular flexibility index (Phi) is 45.6. The van der Waals surface area contributed by atoms with Gasteiger partial charge in [-0.3, -0.25) is 48.5 Å². The third-order valence-corrected chi connectivity index (χ3v) is 15.8. The van der Waals surface area contributed by atoms with Gasteiger partial charge in [0.05, 0.1) is 201 Å². The van der Waals surface area contributed by atoms with Crippen molar-refractivity contribution in [1.29, 1.82) is 0 Å². The Labute approximate surface area is 670 Å². The molecule has 0 aliphatic carbocycles. The van der Waals surface area contributed by atoms with Gasteiger partial charge in [-0.1, -0.05) is 0 Å². The number of amides is 8. The predicted molar refractivity (Wildman–Crippen MR) is 414 cm³/mol. The largest absolute Gasteiger partial charge is 0.487 e. The van der Waals surface area contributed by atoms with Crippen LogP contribution in [0.5, 0.6) is 11.5 Å². The molecule has 0 fully saturated rings. The number of nitro benzene ring substituents is 1. The lowest BCUT2D eigenvalue weighted by molar-refractivity contribution is -0.385. The van der Waals surface area contributed by atoms with Crippen LogP contribution in [0.4, 0.5) is 28.7 Å². The smallest absolute Gasteiger partial charge is 0.291 e. The second-order valence-corrected chi connectivity index (χ2v) is 24.8. The normalized spacial score (nSPS) is 11.2. The number of non-ortho nitro benzene ring substituents is 1. The van der Waals surface area contributed by atoms with E-state index in [9.17, 15) is 48.5 Å². The molecule has 0 saturated heterocycles. The van der Waals surface area contributed by atoms with Gasteiger partial charge in [0.2, 0.25) is 29.4 Å². The number of imidazole rings is 3. The molecule has 8 amide bonds. The summed E-state index contributed by atoms with van der Waals surface area (Å²) >= 11 is 0. The monoisotopic (exact) mass is 1640 g/mol. The first-order valence-corrected chi connectivity index (χ1v) is 37.5. The number of anilines is 4. The molecule has 0 atom stereocenters. The quantitative estimate of drug-likeness (QED) is 0.0150. The molecule has 0 aliphatic rings. The van der Waals surface area contributed by atoms with Gasteiger partial charge in [-0.2, -0.15) is 0 Å². The predicted octanol–water partition coefficient (Wildman–Crippen LogP) is 1.05. The number of aryl methyl sites for hydroxylation is 5. The zero-order valence-electron chi connectivity index (χ0n) is 66.4. The van der Waals surface area contributed by atoms with E-state index in [1.807, 2.05) is 0 Å². The Morgan fingerprint density at radius 2 is 0.716 bits per heavy atom. The molecule has 642 valence electrons. The van der Waals surface area contributed by atoms with E-state index >= 15 is 0 Å². The average Bonchev–Trinajstić information content (AvgIpc) is 1.67. The Morgan fingerprint density at radius 3 is 1.10 bits per heavy atom. The summed E-state index contributed by atoms with van der Waals surface area (Å²) in [7, 11) is 9.65. The molecule has 0 unspecified atom stereocenters. The maximum atomic E-state index is 13.3. The van der Waals surface area contributed by atoms with Crippen molar-refractivity contribution < 1.29 is 119 Å². The van der Waals surface area contributed by atoms with Crippen molar-refractivity contribution in [2.45, 2.75) is 19.3 Å². The highest BCUT2D eigenvalue weighted by Gasteiger charge is 2.22. The van der Waals surface area contributed by atoms with E-state index < -0.39 is 46.3 Å². The van der Waals surface area contributed by atoms with Crippen LogP contribution in [0.1, 0.15) is 72.1 Å². The van der Waals surface area contributed by atoms with Crippen LogP contribution in [0.15, 0.2) is 67.5 Å². The zero-order chi connectivity index (χ0) is 83.3. The number of hydrogen-bond acceptors (Lipinski definition) is 29. The number of nitrogens with zero attached hydrogens (tertiary/aromatic N) is 9. The molecule has 0 spiro atoms. The number of benzene rings is 1. The van der Waals surface area contributed by atoms with Gasteiger partial charge < -0.3 is 141 Å². The molecule has 5 heterocycles. The van der Waals surface area contributed by atoms with Crippen molar-refractivity contribution in [3.8, 4) is 11.5 Å². The first-order chi connectivity index (χ1) is 56.3. The molecule has 0 bridgehead atoms. The lowest BCUT2D eigenvalue weighted by atomic mass is 10.3. The van der Waals surface area contributed by atoms with Crippen molar-refractivity contribution in [2.75, 3.05) is 246 Å². The van der Waals surface area contributed by atoms with Crippen molar-refractivity contribution in [2.24, 2.45) is 35.2 Å². The van der Waals surface area contributed by atoms with Gasteiger partial charge in [-0.15, -0.1) is 0 Å². The van der Waals surface area contributed by atoms with E-state index in [0.29, 0.717) is 170 Å². The number of rotatable bonds is 66. The first-order valence-electron chi connectivity index (χ1n) is 37.5. The molecule has 0 aliphatic heterocycles. The minimum absolute atomic E-state index is 0.0116. The highest BCUT2D eigenvalue weighted by atomic mass is 16.6. The van der Waals surface area contributed by atoms with Gasteiger partial charge in [0.15, 0.2) is 29.0 Å². The molecule has 43 nitrogen and oxygen atoms in total. The van der Waals surface area contributed by atoms with E-state index in [4.69, 9.17) is 75.8 Å². The first kappa shape index (κ1) is 94.5. The Morgan fingerprint density at radius 1 is 0.362 bits per heavy atom. The third kappa shape index (κ3) is 37.9. The van der Waals surface area contributed by atoms with Crippen LogP contribution in [-0.2, 0) is 116 Å². The number of aromatic nitrogens is 8. The summed E-state index contributed by atoms with van der Waals surface area (Å²) in [5, 5.41) is 32.7. The molecule has 116 heavy (non-hydrogen) atoms. The Balaban J connectivity index is 0.668. The number of methoxy groups -OCH3 is 1. The number of nitrogens with one attached hydrogen (secondary N) is 8. The van der Waals surface area contributed by atoms with E-state index in [1.165, 1.54) is 73.4 Å². The van der Waals surface area contributed by atoms with E-state index in [0.717, 1.165) is 0 Å². The summed E-state index contributed by atoms with van der Waals surface area (Å²) < 4.78 is 95.4. The number of carbonyl (C=O) groups excluding carboxylic acids is 8. The Hall–Kier alpha value is -10.4. The summed E-state index contributed by atoms with van der Waals surface area (Å²) in [6.07, 6.45) is 8.79. The fourth-order valence-electron chi connectivity index (χ4n) is 10.1. The highest BCUT2D eigenvalue weighted by Crippen LogP contribution is 2.31. The minimum Gasteiger partial charge on any atom is -0.487 e. The summed E-state index contributed by atoms with van der Waals surface area (Å²) in [4.78, 5) is 126. The fraction of sp³-hybridized carbons (Fsp3) is 0.575. The molecule has 6 aromatic rings. The summed E-state index contributed by atoms with van der Waals surface area (Å²) in [6, 6.07) is 7.05. The number of ether oxygens (including phenoxy) is 16. The fourth-order valence-corrected chi connectivity index (χ4v) is 10.1. The van der Waals surface area contributed by atoms with E-state index in [2.05, 4.69) is 57.5 Å². The van der Waals surface area contributed by atoms with Crippen LogP contribution < -0.4 is 52.0 Å². The maximum Gasteiger partial charge on any atom is 0.291 e. The minimum atomic E-state index is -0.643. The molecule has 43 heteroatoms. The zero-order valence-corrected chi connectivity index (χ0v) is 66.4. The summed E-state index contributed by atoms with van der Waals surface area (Å²) in [6.45, 7) is 10.9.